The summed E-state index contributed by atoms with van der Waals surface area (Å²) in [4.78, 5) is 17.7. The maximum Gasteiger partial charge on any atom is 0.225 e. The first-order valence-corrected chi connectivity index (χ1v) is 10.7. The molecule has 1 saturated carbocycles. The molecule has 28 heavy (non-hydrogen) atoms. The Hall–Kier alpha value is -2.47. The zero-order chi connectivity index (χ0) is 19.7. The van der Waals surface area contributed by atoms with Crippen molar-refractivity contribution < 1.29 is 4.79 Å². The Labute approximate surface area is 169 Å². The summed E-state index contributed by atoms with van der Waals surface area (Å²) in [6.45, 7) is 6.02. The van der Waals surface area contributed by atoms with Crippen molar-refractivity contribution in [2.24, 2.45) is 0 Å². The molecule has 0 saturated heterocycles. The zero-order valence-corrected chi connectivity index (χ0v) is 17.5. The first kappa shape index (κ1) is 18.9. The molecule has 1 aliphatic rings. The number of para-hydroxylation sites is 1. The topological polar surface area (TPSA) is 59.8 Å². The van der Waals surface area contributed by atoms with Crippen molar-refractivity contribution >= 4 is 17.2 Å². The van der Waals surface area contributed by atoms with Gasteiger partial charge in [-0.25, -0.2) is 9.67 Å². The van der Waals surface area contributed by atoms with E-state index in [2.05, 4.69) is 15.8 Å². The average molecular weight is 395 g/mol. The highest BCUT2D eigenvalue weighted by atomic mass is 32.1. The lowest BCUT2D eigenvalue weighted by molar-refractivity contribution is -0.122. The van der Waals surface area contributed by atoms with Gasteiger partial charge in [0, 0.05) is 22.3 Å². The fourth-order valence-electron chi connectivity index (χ4n) is 4.17. The number of nitrogens with zero attached hydrogens (tertiary/aromatic N) is 3. The quantitative estimate of drug-likeness (QED) is 0.698. The highest BCUT2D eigenvalue weighted by molar-refractivity contribution is 7.09. The smallest absolute Gasteiger partial charge is 0.225 e. The highest BCUT2D eigenvalue weighted by Crippen LogP contribution is 2.40. The molecule has 146 valence electrons. The Balaban J connectivity index is 1.56. The molecule has 6 heteroatoms. The Morgan fingerprint density at radius 2 is 1.89 bits per heavy atom. The summed E-state index contributed by atoms with van der Waals surface area (Å²) in [5.74, 6) is 0.0496. The monoisotopic (exact) mass is 394 g/mol. The lowest BCUT2D eigenvalue weighted by Crippen LogP contribution is -2.44. The predicted molar refractivity (Wildman–Crippen MR) is 112 cm³/mol. The molecule has 3 aromatic rings. The van der Waals surface area contributed by atoms with Crippen LogP contribution in [0.2, 0.25) is 0 Å². The van der Waals surface area contributed by atoms with Crippen LogP contribution in [-0.2, 0) is 16.8 Å². The summed E-state index contributed by atoms with van der Waals surface area (Å²) in [6.07, 6.45) is 4.53. The predicted octanol–water partition coefficient (Wildman–Crippen LogP) is 4.38. The largest absolute Gasteiger partial charge is 0.344 e. The number of aromatic nitrogens is 3. The Morgan fingerprint density at radius 3 is 2.54 bits per heavy atom. The van der Waals surface area contributed by atoms with Crippen molar-refractivity contribution in [1.29, 1.82) is 0 Å². The van der Waals surface area contributed by atoms with Crippen molar-refractivity contribution in [3.63, 3.8) is 0 Å². The average Bonchev–Trinajstić information content (AvgIpc) is 3.39. The second kappa shape index (κ2) is 7.51. The SMILES string of the molecule is Cc1csc(C2(NC(=O)Cc3c(C)nn(-c4ccccc4)c3C)CCCC2)n1. The number of amides is 1. The lowest BCUT2D eigenvalue weighted by Gasteiger charge is -2.28. The summed E-state index contributed by atoms with van der Waals surface area (Å²) < 4.78 is 1.92. The standard InChI is InChI=1S/C22H26N4OS/c1-15-14-28-21(23-15)22(11-7-8-12-22)24-20(27)13-19-16(2)25-26(17(19)3)18-9-5-4-6-10-18/h4-6,9-10,14H,7-8,11-13H2,1-3H3,(H,24,27). The fraction of sp³-hybridized carbons (Fsp3) is 0.409. The number of aryl methyl sites for hydroxylation is 2. The van der Waals surface area contributed by atoms with Crippen LogP contribution in [0.3, 0.4) is 0 Å². The molecule has 1 fully saturated rings. The van der Waals surface area contributed by atoms with Gasteiger partial charge in [0.1, 0.15) is 5.01 Å². The van der Waals surface area contributed by atoms with E-state index in [1.165, 1.54) is 0 Å². The molecular formula is C22H26N4OS. The van der Waals surface area contributed by atoms with Crippen LogP contribution in [0.5, 0.6) is 0 Å². The van der Waals surface area contributed by atoms with Crippen LogP contribution in [-0.4, -0.2) is 20.7 Å². The molecule has 0 bridgehead atoms. The summed E-state index contributed by atoms with van der Waals surface area (Å²) in [7, 11) is 0. The molecule has 4 rings (SSSR count). The Kier molecular flexibility index (Phi) is 5.06. The third-order valence-electron chi connectivity index (χ3n) is 5.64. The number of benzene rings is 1. The number of rotatable bonds is 5. The third-order valence-corrected chi connectivity index (χ3v) is 6.81. The molecule has 1 amide bonds. The zero-order valence-electron chi connectivity index (χ0n) is 16.7. The molecule has 1 aliphatic carbocycles. The minimum Gasteiger partial charge on any atom is -0.344 e. The third kappa shape index (κ3) is 3.49. The van der Waals surface area contributed by atoms with E-state index in [-0.39, 0.29) is 11.4 Å². The van der Waals surface area contributed by atoms with Crippen LogP contribution >= 0.6 is 11.3 Å². The number of carbonyl (C=O) groups excluding carboxylic acids is 1. The van der Waals surface area contributed by atoms with Crippen LogP contribution in [0.25, 0.3) is 5.69 Å². The van der Waals surface area contributed by atoms with Gasteiger partial charge >= 0.3 is 0 Å². The normalized spacial score (nSPS) is 15.7. The van der Waals surface area contributed by atoms with Crippen LogP contribution < -0.4 is 5.32 Å². The molecule has 2 heterocycles. The second-order valence-corrected chi connectivity index (χ2v) is 8.56. The van der Waals surface area contributed by atoms with E-state index in [0.717, 1.165) is 59.0 Å². The van der Waals surface area contributed by atoms with E-state index in [1.807, 2.05) is 55.8 Å². The van der Waals surface area contributed by atoms with Crippen molar-refractivity contribution in [1.82, 2.24) is 20.1 Å². The summed E-state index contributed by atoms with van der Waals surface area (Å²) in [5.41, 5.74) is 4.67. The van der Waals surface area contributed by atoms with Gasteiger partial charge in [0.2, 0.25) is 5.91 Å². The van der Waals surface area contributed by atoms with Gasteiger partial charge in [-0.3, -0.25) is 4.79 Å². The summed E-state index contributed by atoms with van der Waals surface area (Å²) >= 11 is 1.66. The van der Waals surface area contributed by atoms with E-state index in [9.17, 15) is 4.79 Å². The van der Waals surface area contributed by atoms with Gasteiger partial charge in [-0.15, -0.1) is 11.3 Å². The molecule has 0 aliphatic heterocycles. The lowest BCUT2D eigenvalue weighted by atomic mass is 9.97. The number of carbonyl (C=O) groups is 1. The molecule has 0 atom stereocenters. The van der Waals surface area contributed by atoms with Gasteiger partial charge in [0.05, 0.1) is 23.3 Å². The van der Waals surface area contributed by atoms with Gasteiger partial charge in [-0.05, 0) is 45.7 Å². The van der Waals surface area contributed by atoms with Gasteiger partial charge in [0.25, 0.3) is 0 Å². The minimum absolute atomic E-state index is 0.0496. The van der Waals surface area contributed by atoms with Gasteiger partial charge in [0.15, 0.2) is 0 Å². The summed E-state index contributed by atoms with van der Waals surface area (Å²) in [5, 5.41) is 11.1. The maximum atomic E-state index is 13.0. The van der Waals surface area contributed by atoms with Gasteiger partial charge in [-0.1, -0.05) is 31.0 Å². The first-order valence-electron chi connectivity index (χ1n) is 9.83. The van der Waals surface area contributed by atoms with E-state index < -0.39 is 0 Å². The molecule has 0 unspecified atom stereocenters. The molecule has 0 radical (unpaired) electrons. The molecule has 2 aromatic heterocycles. The van der Waals surface area contributed by atoms with Crippen molar-refractivity contribution in [3.05, 3.63) is 63.4 Å². The number of thiazole rings is 1. The second-order valence-electron chi connectivity index (χ2n) is 7.70. The van der Waals surface area contributed by atoms with E-state index in [0.29, 0.717) is 6.42 Å². The van der Waals surface area contributed by atoms with E-state index in [1.54, 1.807) is 11.3 Å². The first-order chi connectivity index (χ1) is 13.5. The molecule has 0 spiro atoms. The van der Waals surface area contributed by atoms with Crippen molar-refractivity contribution in [2.75, 3.05) is 0 Å². The van der Waals surface area contributed by atoms with E-state index >= 15 is 0 Å². The molecule has 1 N–H and O–H groups in total. The highest BCUT2D eigenvalue weighted by Gasteiger charge is 2.39. The van der Waals surface area contributed by atoms with Gasteiger partial charge in [-0.2, -0.15) is 5.10 Å². The van der Waals surface area contributed by atoms with Crippen LogP contribution in [0.15, 0.2) is 35.7 Å². The van der Waals surface area contributed by atoms with Crippen LogP contribution in [0, 0.1) is 20.8 Å². The Bertz CT molecular complexity index is 983. The number of nitrogens with one attached hydrogen (secondary N) is 1. The van der Waals surface area contributed by atoms with Crippen LogP contribution in [0.4, 0.5) is 0 Å². The molecular weight excluding hydrogens is 368 g/mol. The fourth-order valence-corrected chi connectivity index (χ4v) is 5.18. The Morgan fingerprint density at radius 1 is 1.18 bits per heavy atom. The van der Waals surface area contributed by atoms with Crippen LogP contribution in [0.1, 0.15) is 53.3 Å². The maximum absolute atomic E-state index is 13.0. The van der Waals surface area contributed by atoms with E-state index in [4.69, 9.17) is 4.98 Å². The number of hydrogen-bond acceptors (Lipinski definition) is 4. The summed E-state index contributed by atoms with van der Waals surface area (Å²) in [6, 6.07) is 10.0. The molecule has 1 aromatic carbocycles. The van der Waals surface area contributed by atoms with Gasteiger partial charge < -0.3 is 5.32 Å². The van der Waals surface area contributed by atoms with Crippen molar-refractivity contribution in [3.8, 4) is 5.69 Å². The number of hydrogen-bond donors (Lipinski definition) is 1. The molecule has 5 nitrogen and oxygen atoms in total. The minimum atomic E-state index is -0.298. The van der Waals surface area contributed by atoms with Crippen molar-refractivity contribution in [2.45, 2.75) is 58.4 Å².